The van der Waals surface area contributed by atoms with Gasteiger partial charge < -0.3 is 24.6 Å². The Balaban J connectivity index is 1.49. The molecule has 31 heavy (non-hydrogen) atoms. The van der Waals surface area contributed by atoms with Crippen LogP contribution in [0.15, 0.2) is 35.7 Å². The number of hydrogen-bond acceptors (Lipinski definition) is 5. The Bertz CT molecular complexity index is 877. The van der Waals surface area contributed by atoms with Gasteiger partial charge in [0.2, 0.25) is 11.9 Å². The van der Waals surface area contributed by atoms with Crippen molar-refractivity contribution in [1.29, 1.82) is 0 Å². The number of nitrogens with zero attached hydrogens (tertiary/aromatic N) is 7. The Hall–Kier alpha value is -2.81. The first kappa shape index (κ1) is 22.9. The molecule has 1 N–H and O–H groups in total. The fourth-order valence-corrected chi connectivity index (χ4v) is 3.81. The number of aryl methyl sites for hydroxylation is 1. The predicted octanol–water partition coefficient (Wildman–Crippen LogP) is 1.60. The van der Waals surface area contributed by atoms with Crippen LogP contribution in [0.2, 0.25) is 5.02 Å². The molecule has 10 heteroatoms. The molecule has 0 atom stereocenters. The third kappa shape index (κ3) is 6.33. The highest BCUT2D eigenvalue weighted by atomic mass is 35.5. The van der Waals surface area contributed by atoms with Crippen LogP contribution in [0.4, 0.5) is 5.95 Å². The summed E-state index contributed by atoms with van der Waals surface area (Å²) < 4.78 is 2.01. The Labute approximate surface area is 188 Å². The average molecular weight is 447 g/mol. The third-order valence-electron chi connectivity index (χ3n) is 5.22. The fraction of sp³-hybridized carbons (Fsp3) is 0.524. The van der Waals surface area contributed by atoms with Gasteiger partial charge in [0.05, 0.1) is 18.1 Å². The zero-order valence-electron chi connectivity index (χ0n) is 18.5. The lowest BCUT2D eigenvalue weighted by atomic mass is 10.3. The van der Waals surface area contributed by atoms with Crippen molar-refractivity contribution in [1.82, 2.24) is 29.7 Å². The zero-order valence-corrected chi connectivity index (χ0v) is 19.2. The standard InChI is InChI=1S/C21H31ClN8O/c1-4-23-20(28(3)16-18-14-17(22)15-27(18)2)26-9-6-19(31)29-10-12-30(13-11-29)21-24-7-5-8-25-21/h5,7-8,14-15H,4,6,9-13,16H2,1-3H3,(H,23,26). The Morgan fingerprint density at radius 2 is 1.97 bits per heavy atom. The number of anilines is 1. The number of hydrogen-bond donors (Lipinski definition) is 1. The third-order valence-corrected chi connectivity index (χ3v) is 5.43. The molecule has 168 valence electrons. The second-order valence-electron chi connectivity index (χ2n) is 7.52. The van der Waals surface area contributed by atoms with Gasteiger partial charge in [-0.1, -0.05) is 11.6 Å². The molecule has 2 aromatic heterocycles. The minimum atomic E-state index is 0.130. The van der Waals surface area contributed by atoms with Crippen LogP contribution in [-0.2, 0) is 18.4 Å². The van der Waals surface area contributed by atoms with E-state index in [0.717, 1.165) is 42.3 Å². The van der Waals surface area contributed by atoms with Gasteiger partial charge in [0.1, 0.15) is 0 Å². The van der Waals surface area contributed by atoms with Gasteiger partial charge in [-0.15, -0.1) is 0 Å². The van der Waals surface area contributed by atoms with Gasteiger partial charge in [-0.3, -0.25) is 9.79 Å². The van der Waals surface area contributed by atoms with Crippen LogP contribution in [0.5, 0.6) is 0 Å². The van der Waals surface area contributed by atoms with E-state index in [0.29, 0.717) is 32.6 Å². The maximum absolute atomic E-state index is 12.6. The number of carbonyl (C=O) groups is 1. The van der Waals surface area contributed by atoms with E-state index in [4.69, 9.17) is 11.6 Å². The summed E-state index contributed by atoms with van der Waals surface area (Å²) in [5.41, 5.74) is 1.09. The van der Waals surface area contributed by atoms with Gasteiger partial charge in [0.15, 0.2) is 5.96 Å². The molecule has 0 bridgehead atoms. The van der Waals surface area contributed by atoms with E-state index < -0.39 is 0 Å². The number of amides is 1. The summed E-state index contributed by atoms with van der Waals surface area (Å²) in [5.74, 6) is 1.63. The monoisotopic (exact) mass is 446 g/mol. The predicted molar refractivity (Wildman–Crippen MR) is 123 cm³/mol. The number of rotatable bonds is 7. The molecule has 1 aliphatic rings. The van der Waals surface area contributed by atoms with Crippen molar-refractivity contribution in [3.05, 3.63) is 41.4 Å². The second kappa shape index (κ2) is 11.0. The van der Waals surface area contributed by atoms with E-state index in [1.807, 2.05) is 47.6 Å². The van der Waals surface area contributed by atoms with E-state index >= 15 is 0 Å². The number of carbonyl (C=O) groups excluding carboxylic acids is 1. The number of piperazine rings is 1. The molecule has 0 aliphatic carbocycles. The number of nitrogens with one attached hydrogen (secondary N) is 1. The van der Waals surface area contributed by atoms with Crippen LogP contribution in [0.25, 0.3) is 0 Å². The summed E-state index contributed by atoms with van der Waals surface area (Å²) in [5, 5.41) is 4.01. The van der Waals surface area contributed by atoms with Crippen LogP contribution >= 0.6 is 11.6 Å². The highest BCUT2D eigenvalue weighted by Crippen LogP contribution is 2.14. The molecule has 3 rings (SSSR count). The summed E-state index contributed by atoms with van der Waals surface area (Å²) in [6.07, 6.45) is 5.75. The molecular weight excluding hydrogens is 416 g/mol. The van der Waals surface area contributed by atoms with Crippen molar-refractivity contribution in [3.63, 3.8) is 0 Å². The SMILES string of the molecule is CCNC(=NCCC(=O)N1CCN(c2ncccn2)CC1)N(C)Cc1cc(Cl)cn1C. The lowest BCUT2D eigenvalue weighted by Crippen LogP contribution is -2.49. The quantitative estimate of drug-likeness (QED) is 0.514. The summed E-state index contributed by atoms with van der Waals surface area (Å²) in [4.78, 5) is 31.9. The van der Waals surface area contributed by atoms with Crippen LogP contribution in [0.3, 0.4) is 0 Å². The number of aromatic nitrogens is 3. The van der Waals surface area contributed by atoms with Gasteiger partial charge in [-0.05, 0) is 19.1 Å². The molecule has 2 aromatic rings. The summed E-state index contributed by atoms with van der Waals surface area (Å²) >= 11 is 6.09. The van der Waals surface area contributed by atoms with Crippen LogP contribution in [0, 0.1) is 0 Å². The van der Waals surface area contributed by atoms with Crippen molar-refractivity contribution < 1.29 is 4.79 Å². The summed E-state index contributed by atoms with van der Waals surface area (Å²) in [7, 11) is 3.95. The molecule has 0 aromatic carbocycles. The summed E-state index contributed by atoms with van der Waals surface area (Å²) in [6, 6.07) is 3.75. The molecule has 0 spiro atoms. The minimum absolute atomic E-state index is 0.130. The van der Waals surface area contributed by atoms with Gasteiger partial charge in [-0.25, -0.2) is 9.97 Å². The maximum atomic E-state index is 12.6. The normalized spacial score (nSPS) is 14.6. The largest absolute Gasteiger partial charge is 0.357 e. The second-order valence-corrected chi connectivity index (χ2v) is 7.96. The molecule has 9 nitrogen and oxygen atoms in total. The number of halogens is 1. The van der Waals surface area contributed by atoms with Gasteiger partial charge in [0, 0.05) is 77.5 Å². The van der Waals surface area contributed by atoms with Crippen molar-refractivity contribution >= 4 is 29.4 Å². The molecule has 0 radical (unpaired) electrons. The highest BCUT2D eigenvalue weighted by molar-refractivity contribution is 6.30. The van der Waals surface area contributed by atoms with E-state index in [1.165, 1.54) is 0 Å². The molecule has 0 saturated carbocycles. The van der Waals surface area contributed by atoms with Crippen molar-refractivity contribution in [2.75, 3.05) is 51.2 Å². The van der Waals surface area contributed by atoms with E-state index in [-0.39, 0.29) is 5.91 Å². The molecule has 0 unspecified atom stereocenters. The minimum Gasteiger partial charge on any atom is -0.357 e. The van der Waals surface area contributed by atoms with Gasteiger partial charge >= 0.3 is 0 Å². The smallest absolute Gasteiger partial charge is 0.225 e. The topological polar surface area (TPSA) is 81.9 Å². The Morgan fingerprint density at radius 1 is 1.26 bits per heavy atom. The van der Waals surface area contributed by atoms with Crippen molar-refractivity contribution in [2.24, 2.45) is 12.0 Å². The Morgan fingerprint density at radius 3 is 2.58 bits per heavy atom. The average Bonchev–Trinajstić information content (AvgIpc) is 3.10. The summed E-state index contributed by atoms with van der Waals surface area (Å²) in [6.45, 7) is 6.74. The van der Waals surface area contributed by atoms with Crippen LogP contribution in [-0.4, -0.2) is 82.5 Å². The molecule has 1 fully saturated rings. The molecule has 1 saturated heterocycles. The van der Waals surface area contributed by atoms with E-state index in [2.05, 4.69) is 25.2 Å². The zero-order chi connectivity index (χ0) is 22.2. The van der Waals surface area contributed by atoms with Crippen molar-refractivity contribution in [2.45, 2.75) is 19.9 Å². The van der Waals surface area contributed by atoms with Crippen LogP contribution < -0.4 is 10.2 Å². The molecule has 1 amide bonds. The number of aliphatic imine (C=N–C) groups is 1. The number of guanidine groups is 1. The molecule has 3 heterocycles. The highest BCUT2D eigenvalue weighted by Gasteiger charge is 2.22. The Kier molecular flexibility index (Phi) is 8.11. The van der Waals surface area contributed by atoms with E-state index in [1.54, 1.807) is 18.5 Å². The van der Waals surface area contributed by atoms with Crippen molar-refractivity contribution in [3.8, 4) is 0 Å². The van der Waals surface area contributed by atoms with Gasteiger partial charge in [-0.2, -0.15) is 0 Å². The van der Waals surface area contributed by atoms with Crippen LogP contribution in [0.1, 0.15) is 19.0 Å². The lowest BCUT2D eigenvalue weighted by molar-refractivity contribution is -0.131. The fourth-order valence-electron chi connectivity index (χ4n) is 3.54. The van der Waals surface area contributed by atoms with Gasteiger partial charge in [0.25, 0.3) is 0 Å². The first-order chi connectivity index (χ1) is 15.0. The maximum Gasteiger partial charge on any atom is 0.225 e. The molecule has 1 aliphatic heterocycles. The first-order valence-electron chi connectivity index (χ1n) is 10.6. The molecular formula is C21H31ClN8O. The lowest BCUT2D eigenvalue weighted by Gasteiger charge is -2.34. The first-order valence-corrected chi connectivity index (χ1v) is 11.0. The van der Waals surface area contributed by atoms with E-state index in [9.17, 15) is 4.79 Å².